The minimum absolute atomic E-state index is 0.109. The highest BCUT2D eigenvalue weighted by Crippen LogP contribution is 2.22. The van der Waals surface area contributed by atoms with Crippen molar-refractivity contribution in [1.29, 1.82) is 0 Å². The lowest BCUT2D eigenvalue weighted by Crippen LogP contribution is -2.23. The van der Waals surface area contributed by atoms with Gasteiger partial charge in [0, 0.05) is 32.8 Å². The minimum Gasteiger partial charge on any atom is -0.383 e. The first kappa shape index (κ1) is 18.1. The number of fused-ring (bicyclic) bond motifs is 1. The first-order valence-electron chi connectivity index (χ1n) is 8.58. The Morgan fingerprint density at radius 3 is 2.73 bits per heavy atom. The van der Waals surface area contributed by atoms with Crippen molar-refractivity contribution in [3.8, 4) is 0 Å². The molecule has 0 amide bonds. The molecule has 26 heavy (non-hydrogen) atoms. The van der Waals surface area contributed by atoms with Gasteiger partial charge in [-0.15, -0.1) is 0 Å². The standard InChI is InChI=1S/C18H25N7O/c1-12(11-26-3)22-16-14-9-21-25(2)17(14)24-18(23-16)20-10-15(19)13-7-5-4-6-8-13/h4-9,12,15H,10-11,19H2,1-3H3,(H2,20,22,23,24)/t12-,15+/m1/s1. The maximum absolute atomic E-state index is 6.26. The third-order valence-electron chi connectivity index (χ3n) is 4.10. The quantitative estimate of drug-likeness (QED) is 0.567. The second-order valence-electron chi connectivity index (χ2n) is 6.30. The number of hydrogen-bond acceptors (Lipinski definition) is 7. The van der Waals surface area contributed by atoms with Crippen LogP contribution in [0, 0.1) is 0 Å². The first-order valence-corrected chi connectivity index (χ1v) is 8.58. The molecule has 0 aliphatic carbocycles. The summed E-state index contributed by atoms with van der Waals surface area (Å²) in [5.41, 5.74) is 8.07. The summed E-state index contributed by atoms with van der Waals surface area (Å²) < 4.78 is 6.92. The van der Waals surface area contributed by atoms with Gasteiger partial charge < -0.3 is 21.1 Å². The van der Waals surface area contributed by atoms with Gasteiger partial charge in [-0.25, -0.2) is 0 Å². The maximum atomic E-state index is 6.26. The number of benzene rings is 1. The number of nitrogens with zero attached hydrogens (tertiary/aromatic N) is 4. The summed E-state index contributed by atoms with van der Waals surface area (Å²) in [7, 11) is 3.53. The van der Waals surface area contributed by atoms with Gasteiger partial charge in [-0.3, -0.25) is 4.68 Å². The number of aromatic nitrogens is 4. The molecule has 0 bridgehead atoms. The van der Waals surface area contributed by atoms with Crippen molar-refractivity contribution < 1.29 is 4.74 Å². The molecule has 0 radical (unpaired) electrons. The smallest absolute Gasteiger partial charge is 0.226 e. The van der Waals surface area contributed by atoms with Crippen molar-refractivity contribution in [2.45, 2.75) is 19.0 Å². The number of ether oxygens (including phenoxy) is 1. The monoisotopic (exact) mass is 355 g/mol. The zero-order valence-corrected chi connectivity index (χ0v) is 15.3. The van der Waals surface area contributed by atoms with Crippen molar-refractivity contribution in [2.75, 3.05) is 30.9 Å². The molecule has 1 aromatic carbocycles. The molecule has 0 aliphatic rings. The fourth-order valence-corrected chi connectivity index (χ4v) is 2.76. The Morgan fingerprint density at radius 1 is 1.23 bits per heavy atom. The van der Waals surface area contributed by atoms with Crippen LogP contribution in [0.5, 0.6) is 0 Å². The van der Waals surface area contributed by atoms with Crippen molar-refractivity contribution in [3.05, 3.63) is 42.1 Å². The molecule has 4 N–H and O–H groups in total. The minimum atomic E-state index is -0.147. The summed E-state index contributed by atoms with van der Waals surface area (Å²) in [4.78, 5) is 9.17. The van der Waals surface area contributed by atoms with Crippen LogP contribution < -0.4 is 16.4 Å². The van der Waals surface area contributed by atoms with Crippen molar-refractivity contribution in [2.24, 2.45) is 12.8 Å². The van der Waals surface area contributed by atoms with Crippen LogP contribution in [0.25, 0.3) is 11.0 Å². The van der Waals surface area contributed by atoms with E-state index in [-0.39, 0.29) is 12.1 Å². The number of anilines is 2. The van der Waals surface area contributed by atoms with E-state index >= 15 is 0 Å². The molecule has 0 aliphatic heterocycles. The molecule has 3 rings (SSSR count). The topological polar surface area (TPSA) is 103 Å². The van der Waals surface area contributed by atoms with E-state index in [1.807, 2.05) is 44.3 Å². The van der Waals surface area contributed by atoms with Crippen molar-refractivity contribution in [3.63, 3.8) is 0 Å². The third-order valence-corrected chi connectivity index (χ3v) is 4.10. The van der Waals surface area contributed by atoms with Crippen LogP contribution >= 0.6 is 0 Å². The van der Waals surface area contributed by atoms with Crippen LogP contribution in [0.4, 0.5) is 11.8 Å². The Morgan fingerprint density at radius 2 is 2.00 bits per heavy atom. The lowest BCUT2D eigenvalue weighted by Gasteiger charge is -2.16. The number of nitrogens with one attached hydrogen (secondary N) is 2. The van der Waals surface area contributed by atoms with Crippen LogP contribution in [-0.2, 0) is 11.8 Å². The highest BCUT2D eigenvalue weighted by atomic mass is 16.5. The normalized spacial score (nSPS) is 13.5. The van der Waals surface area contributed by atoms with Gasteiger partial charge in [-0.1, -0.05) is 30.3 Å². The Kier molecular flexibility index (Phi) is 5.65. The summed E-state index contributed by atoms with van der Waals surface area (Å²) >= 11 is 0. The van der Waals surface area contributed by atoms with Gasteiger partial charge in [0.25, 0.3) is 0 Å². The van der Waals surface area contributed by atoms with Crippen molar-refractivity contribution in [1.82, 2.24) is 19.7 Å². The fraction of sp³-hybridized carbons (Fsp3) is 0.389. The highest BCUT2D eigenvalue weighted by molar-refractivity contribution is 5.87. The van der Waals surface area contributed by atoms with Gasteiger partial charge in [0.05, 0.1) is 18.2 Å². The summed E-state index contributed by atoms with van der Waals surface area (Å²) in [6, 6.07) is 9.92. The van der Waals surface area contributed by atoms with Crippen LogP contribution in [0.1, 0.15) is 18.5 Å². The molecular formula is C18H25N7O. The van der Waals surface area contributed by atoms with Gasteiger partial charge in [-0.05, 0) is 12.5 Å². The van der Waals surface area contributed by atoms with E-state index in [0.29, 0.717) is 19.1 Å². The Bertz CT molecular complexity index is 849. The molecule has 138 valence electrons. The van der Waals surface area contributed by atoms with Gasteiger partial charge >= 0.3 is 0 Å². The lowest BCUT2D eigenvalue weighted by atomic mass is 10.1. The molecule has 3 aromatic rings. The first-order chi connectivity index (χ1) is 12.6. The van der Waals surface area contributed by atoms with E-state index < -0.39 is 0 Å². The number of aryl methyl sites for hydroxylation is 1. The molecule has 2 heterocycles. The Labute approximate surface area is 152 Å². The summed E-state index contributed by atoms with van der Waals surface area (Å²) in [5, 5.41) is 11.7. The second-order valence-corrected chi connectivity index (χ2v) is 6.30. The zero-order chi connectivity index (χ0) is 18.5. The number of methoxy groups -OCH3 is 1. The summed E-state index contributed by atoms with van der Waals surface area (Å²) in [6.45, 7) is 3.14. The molecule has 0 saturated carbocycles. The third kappa shape index (κ3) is 4.09. The molecular weight excluding hydrogens is 330 g/mol. The van der Waals surface area contributed by atoms with Crippen LogP contribution in [-0.4, -0.2) is 46.1 Å². The van der Waals surface area contributed by atoms with Crippen LogP contribution in [0.3, 0.4) is 0 Å². The van der Waals surface area contributed by atoms with Crippen LogP contribution in [0.15, 0.2) is 36.5 Å². The molecule has 0 fully saturated rings. The van der Waals surface area contributed by atoms with Gasteiger partial charge in [-0.2, -0.15) is 15.1 Å². The van der Waals surface area contributed by atoms with Crippen LogP contribution in [0.2, 0.25) is 0 Å². The highest BCUT2D eigenvalue weighted by Gasteiger charge is 2.14. The molecule has 0 spiro atoms. The molecule has 2 atom stereocenters. The lowest BCUT2D eigenvalue weighted by molar-refractivity contribution is 0.190. The average molecular weight is 355 g/mol. The summed E-state index contributed by atoms with van der Waals surface area (Å²) in [6.07, 6.45) is 1.76. The zero-order valence-electron chi connectivity index (χ0n) is 15.3. The predicted octanol–water partition coefficient (Wildman–Crippen LogP) is 1.92. The number of hydrogen-bond donors (Lipinski definition) is 3. The van der Waals surface area contributed by atoms with E-state index in [0.717, 1.165) is 22.4 Å². The van der Waals surface area contributed by atoms with Crippen molar-refractivity contribution >= 4 is 22.8 Å². The maximum Gasteiger partial charge on any atom is 0.226 e. The fourth-order valence-electron chi connectivity index (χ4n) is 2.76. The van der Waals surface area contributed by atoms with E-state index in [1.54, 1.807) is 18.0 Å². The largest absolute Gasteiger partial charge is 0.383 e. The molecule has 8 nitrogen and oxygen atoms in total. The average Bonchev–Trinajstić information content (AvgIpc) is 3.02. The molecule has 2 aromatic heterocycles. The summed E-state index contributed by atoms with van der Waals surface area (Å²) in [5.74, 6) is 1.24. The molecule has 0 saturated heterocycles. The Hall–Kier alpha value is -2.71. The van der Waals surface area contributed by atoms with E-state index in [2.05, 4.69) is 25.7 Å². The van der Waals surface area contributed by atoms with E-state index in [9.17, 15) is 0 Å². The van der Waals surface area contributed by atoms with E-state index in [1.165, 1.54) is 0 Å². The molecule has 0 unspecified atom stereocenters. The second kappa shape index (κ2) is 8.11. The SMILES string of the molecule is COC[C@@H](C)Nc1nc(NC[C@H](N)c2ccccc2)nc2c1cnn2C. The number of rotatable bonds is 8. The number of nitrogens with two attached hydrogens (primary N) is 1. The van der Waals surface area contributed by atoms with E-state index in [4.69, 9.17) is 10.5 Å². The van der Waals surface area contributed by atoms with Gasteiger partial charge in [0.15, 0.2) is 5.65 Å². The Balaban J connectivity index is 1.80. The van der Waals surface area contributed by atoms with Gasteiger partial charge in [0.1, 0.15) is 5.82 Å². The van der Waals surface area contributed by atoms with Gasteiger partial charge in [0.2, 0.25) is 5.95 Å². The molecule has 8 heteroatoms. The predicted molar refractivity (Wildman–Crippen MR) is 103 cm³/mol.